The molecular weight excluding hydrogens is 428 g/mol. The summed E-state index contributed by atoms with van der Waals surface area (Å²) < 4.78 is 26.9. The number of halogens is 1. The molecule has 0 unspecified atom stereocenters. The summed E-state index contributed by atoms with van der Waals surface area (Å²) in [5, 5.41) is 15.1. The number of non-ortho nitro benzene ring substituents is 1. The summed E-state index contributed by atoms with van der Waals surface area (Å²) in [7, 11) is -3.80. The highest BCUT2D eigenvalue weighted by atomic mass is 35.5. The maximum Gasteiger partial charge on any atom is 0.270 e. The fraction of sp³-hybridized carbons (Fsp3) is 0. The molecule has 1 heterocycles. The molecule has 0 aliphatic heterocycles. The molecule has 0 aliphatic carbocycles. The van der Waals surface area contributed by atoms with Crippen molar-refractivity contribution in [3.05, 3.63) is 74.7 Å². The molecule has 9 nitrogen and oxygen atoms in total. The summed E-state index contributed by atoms with van der Waals surface area (Å²) in [5.74, 6) is -0.587. The Morgan fingerprint density at radius 3 is 2.46 bits per heavy atom. The molecule has 0 saturated carbocycles. The van der Waals surface area contributed by atoms with Crippen LogP contribution in [0.2, 0.25) is 5.02 Å². The third kappa shape index (κ3) is 4.44. The summed E-state index contributed by atoms with van der Waals surface area (Å²) in [6.07, 6.45) is 1.48. The Morgan fingerprint density at radius 1 is 1.18 bits per heavy atom. The molecule has 3 aromatic rings. The van der Waals surface area contributed by atoms with Crippen molar-refractivity contribution in [1.82, 2.24) is 4.98 Å². The van der Waals surface area contributed by atoms with Gasteiger partial charge in [-0.1, -0.05) is 11.6 Å². The van der Waals surface area contributed by atoms with Crippen molar-refractivity contribution >= 4 is 55.4 Å². The van der Waals surface area contributed by atoms with Gasteiger partial charge in [0.25, 0.3) is 21.6 Å². The van der Waals surface area contributed by atoms with Crippen LogP contribution in [-0.2, 0) is 10.0 Å². The second-order valence-electron chi connectivity index (χ2n) is 5.34. The fourth-order valence-corrected chi connectivity index (χ4v) is 4.21. The van der Waals surface area contributed by atoms with Gasteiger partial charge in [0.1, 0.15) is 0 Å². The molecule has 0 saturated heterocycles. The maximum atomic E-state index is 12.3. The van der Waals surface area contributed by atoms with Crippen LogP contribution < -0.4 is 10.0 Å². The van der Waals surface area contributed by atoms with Gasteiger partial charge in [0.05, 0.1) is 20.4 Å². The summed E-state index contributed by atoms with van der Waals surface area (Å²) in [5.41, 5.74) is 0.144. The molecule has 0 spiro atoms. The van der Waals surface area contributed by atoms with E-state index < -0.39 is 20.9 Å². The Bertz CT molecular complexity index is 1130. The number of anilines is 2. The number of sulfonamides is 1. The molecule has 2 aromatic carbocycles. The van der Waals surface area contributed by atoms with Crippen LogP contribution in [0, 0.1) is 10.1 Å². The number of hydrogen-bond acceptors (Lipinski definition) is 7. The molecular formula is C16H11ClN4O5S2. The highest BCUT2D eigenvalue weighted by Gasteiger charge is 2.17. The van der Waals surface area contributed by atoms with E-state index >= 15 is 0 Å². The normalized spacial score (nSPS) is 11.0. The highest BCUT2D eigenvalue weighted by molar-refractivity contribution is 7.93. The van der Waals surface area contributed by atoms with E-state index in [1.165, 1.54) is 42.6 Å². The largest absolute Gasteiger partial charge is 0.322 e. The third-order valence-corrected chi connectivity index (χ3v) is 5.97. The van der Waals surface area contributed by atoms with Crippen LogP contribution in [0.1, 0.15) is 10.4 Å². The zero-order valence-electron chi connectivity index (χ0n) is 13.8. The highest BCUT2D eigenvalue weighted by Crippen LogP contribution is 2.24. The predicted octanol–water partition coefficient (Wildman–Crippen LogP) is 3.76. The Balaban J connectivity index is 1.74. The number of thiazole rings is 1. The number of nitro groups is 1. The van der Waals surface area contributed by atoms with Crippen molar-refractivity contribution in [2.75, 3.05) is 10.0 Å². The summed E-state index contributed by atoms with van der Waals surface area (Å²) in [6, 6.07) is 8.96. The van der Waals surface area contributed by atoms with Gasteiger partial charge in [-0.2, -0.15) is 0 Å². The van der Waals surface area contributed by atoms with Gasteiger partial charge in [-0.05, 0) is 30.3 Å². The second kappa shape index (κ2) is 7.92. The minimum atomic E-state index is -3.80. The van der Waals surface area contributed by atoms with Crippen LogP contribution in [0.3, 0.4) is 0 Å². The van der Waals surface area contributed by atoms with Crippen molar-refractivity contribution in [3.63, 3.8) is 0 Å². The number of carbonyl (C=O) groups is 1. The van der Waals surface area contributed by atoms with E-state index in [4.69, 9.17) is 11.6 Å². The molecule has 2 N–H and O–H groups in total. The van der Waals surface area contributed by atoms with Crippen LogP contribution >= 0.6 is 22.9 Å². The quantitative estimate of drug-likeness (QED) is 0.445. The average molecular weight is 439 g/mol. The zero-order valence-corrected chi connectivity index (χ0v) is 16.2. The Hall–Kier alpha value is -3.02. The van der Waals surface area contributed by atoms with Gasteiger partial charge in [-0.25, -0.2) is 13.4 Å². The van der Waals surface area contributed by atoms with E-state index in [1.54, 1.807) is 5.38 Å². The molecule has 12 heteroatoms. The number of nitro benzene ring substituents is 1. The van der Waals surface area contributed by atoms with E-state index in [0.29, 0.717) is 5.69 Å². The molecule has 1 amide bonds. The lowest BCUT2D eigenvalue weighted by atomic mass is 10.2. The number of benzene rings is 2. The zero-order chi connectivity index (χ0) is 20.3. The van der Waals surface area contributed by atoms with Crippen molar-refractivity contribution in [3.8, 4) is 0 Å². The van der Waals surface area contributed by atoms with Gasteiger partial charge >= 0.3 is 0 Å². The van der Waals surface area contributed by atoms with Gasteiger partial charge in [-0.3, -0.25) is 19.6 Å². The van der Waals surface area contributed by atoms with Crippen molar-refractivity contribution in [1.29, 1.82) is 0 Å². The lowest BCUT2D eigenvalue weighted by molar-refractivity contribution is -0.384. The lowest BCUT2D eigenvalue weighted by Gasteiger charge is -2.09. The monoisotopic (exact) mass is 438 g/mol. The second-order valence-corrected chi connectivity index (χ2v) is 8.33. The molecule has 28 heavy (non-hydrogen) atoms. The third-order valence-electron chi connectivity index (χ3n) is 3.48. The number of aromatic nitrogens is 1. The Labute approximate surface area is 168 Å². The van der Waals surface area contributed by atoms with Gasteiger partial charge < -0.3 is 5.32 Å². The molecule has 0 radical (unpaired) electrons. The minimum absolute atomic E-state index is 0.00549. The first-order valence-corrected chi connectivity index (χ1v) is 10.3. The molecule has 0 aliphatic rings. The van der Waals surface area contributed by atoms with Crippen molar-refractivity contribution in [2.45, 2.75) is 4.90 Å². The predicted molar refractivity (Wildman–Crippen MR) is 105 cm³/mol. The molecule has 0 fully saturated rings. The maximum absolute atomic E-state index is 12.3. The first kappa shape index (κ1) is 19.7. The lowest BCUT2D eigenvalue weighted by Crippen LogP contribution is -2.14. The number of nitrogens with one attached hydrogen (secondary N) is 2. The first-order chi connectivity index (χ1) is 13.3. The summed E-state index contributed by atoms with van der Waals surface area (Å²) in [6.45, 7) is 0. The standard InChI is InChI=1S/C16H11ClN4O5S2/c17-14-9-11(21(23)24)3-6-13(14)15(22)19-10-1-4-12(5-2-10)28(25,26)20-16-18-7-8-27-16/h1-9H,(H,18,20)(H,19,22). The molecule has 0 bridgehead atoms. The number of rotatable bonds is 6. The van der Waals surface area contributed by atoms with E-state index in [9.17, 15) is 23.3 Å². The van der Waals surface area contributed by atoms with Gasteiger partial charge in [-0.15, -0.1) is 11.3 Å². The van der Waals surface area contributed by atoms with E-state index in [1.807, 2.05) is 0 Å². The number of hydrogen-bond donors (Lipinski definition) is 2. The Morgan fingerprint density at radius 2 is 1.89 bits per heavy atom. The number of nitrogens with zero attached hydrogens (tertiary/aromatic N) is 2. The molecule has 0 atom stereocenters. The summed E-state index contributed by atoms with van der Waals surface area (Å²) in [4.78, 5) is 26.3. The van der Waals surface area contributed by atoms with Crippen LogP contribution in [0.25, 0.3) is 0 Å². The van der Waals surface area contributed by atoms with Crippen LogP contribution in [-0.4, -0.2) is 24.2 Å². The minimum Gasteiger partial charge on any atom is -0.322 e. The Kier molecular flexibility index (Phi) is 5.58. The average Bonchev–Trinajstić information content (AvgIpc) is 3.14. The van der Waals surface area contributed by atoms with E-state index in [-0.39, 0.29) is 26.3 Å². The van der Waals surface area contributed by atoms with E-state index in [2.05, 4.69) is 15.0 Å². The van der Waals surface area contributed by atoms with Crippen LogP contribution in [0.5, 0.6) is 0 Å². The SMILES string of the molecule is O=C(Nc1ccc(S(=O)(=O)Nc2nccs2)cc1)c1ccc([N+](=O)[O-])cc1Cl. The molecule has 1 aromatic heterocycles. The van der Waals surface area contributed by atoms with Crippen LogP contribution in [0.15, 0.2) is 58.9 Å². The number of carbonyl (C=O) groups excluding carboxylic acids is 1. The number of amides is 1. The molecule has 144 valence electrons. The smallest absolute Gasteiger partial charge is 0.270 e. The van der Waals surface area contributed by atoms with Gasteiger partial charge in [0, 0.05) is 29.4 Å². The molecule has 3 rings (SSSR count). The first-order valence-electron chi connectivity index (χ1n) is 7.54. The van der Waals surface area contributed by atoms with Crippen LogP contribution in [0.4, 0.5) is 16.5 Å². The fourth-order valence-electron chi connectivity index (χ4n) is 2.17. The van der Waals surface area contributed by atoms with Crippen molar-refractivity contribution < 1.29 is 18.1 Å². The summed E-state index contributed by atoms with van der Waals surface area (Å²) >= 11 is 7.07. The van der Waals surface area contributed by atoms with Gasteiger partial charge in [0.2, 0.25) is 0 Å². The van der Waals surface area contributed by atoms with Crippen molar-refractivity contribution in [2.24, 2.45) is 0 Å². The topological polar surface area (TPSA) is 131 Å². The van der Waals surface area contributed by atoms with E-state index in [0.717, 1.165) is 17.4 Å². The van der Waals surface area contributed by atoms with Gasteiger partial charge in [0.15, 0.2) is 5.13 Å².